The Morgan fingerprint density at radius 2 is 1.66 bits per heavy atom. The number of rotatable bonds is 5. The molecule has 0 aliphatic carbocycles. The molecule has 1 atom stereocenters. The largest absolute Gasteiger partial charge is 0.431 e. The van der Waals surface area contributed by atoms with Crippen LogP contribution in [-0.2, 0) is 16.0 Å². The molecular weight excluding hydrogens is 445 g/mol. The SMILES string of the molecule is Cc1cccc(C(NC(=O)c2ccc(C(F)(F)F)[nH]c2=O)c2ccccc2)c1S(C)(=O)=O. The van der Waals surface area contributed by atoms with Crippen molar-refractivity contribution in [3.05, 3.63) is 99.0 Å². The topological polar surface area (TPSA) is 96.1 Å². The van der Waals surface area contributed by atoms with E-state index in [1.807, 2.05) is 0 Å². The lowest BCUT2D eigenvalue weighted by atomic mass is 9.96. The third-order valence-electron chi connectivity index (χ3n) is 4.79. The Kier molecular flexibility index (Phi) is 6.27. The summed E-state index contributed by atoms with van der Waals surface area (Å²) in [6.45, 7) is 1.62. The number of benzene rings is 2. The fraction of sp³-hybridized carbons (Fsp3) is 0.182. The van der Waals surface area contributed by atoms with E-state index in [0.717, 1.165) is 12.3 Å². The van der Waals surface area contributed by atoms with E-state index in [0.29, 0.717) is 17.2 Å². The highest BCUT2D eigenvalue weighted by Crippen LogP contribution is 2.31. The van der Waals surface area contributed by atoms with Crippen molar-refractivity contribution in [2.75, 3.05) is 6.26 Å². The maximum atomic E-state index is 12.9. The standard InChI is InChI=1S/C22H19F3N2O4S/c1-13-7-6-10-15(19(13)32(2,30)31)18(14-8-4-3-5-9-14)27-21(29)16-11-12-17(22(23,24)25)26-20(16)28/h3-12,18H,1-2H3,(H,26,28)(H,27,29). The van der Waals surface area contributed by atoms with Gasteiger partial charge in [0.1, 0.15) is 11.3 Å². The van der Waals surface area contributed by atoms with Crippen molar-refractivity contribution in [3.8, 4) is 0 Å². The highest BCUT2D eigenvalue weighted by atomic mass is 32.2. The van der Waals surface area contributed by atoms with Crippen LogP contribution in [0.15, 0.2) is 70.4 Å². The number of alkyl halides is 3. The number of amides is 1. The van der Waals surface area contributed by atoms with Gasteiger partial charge < -0.3 is 10.3 Å². The van der Waals surface area contributed by atoms with Crippen LogP contribution in [0.2, 0.25) is 0 Å². The summed E-state index contributed by atoms with van der Waals surface area (Å²) in [5.41, 5.74) is -1.76. The molecule has 2 aromatic carbocycles. The van der Waals surface area contributed by atoms with Crippen molar-refractivity contribution in [3.63, 3.8) is 0 Å². The maximum absolute atomic E-state index is 12.9. The van der Waals surface area contributed by atoms with Crippen molar-refractivity contribution < 1.29 is 26.4 Å². The number of hydrogen-bond donors (Lipinski definition) is 2. The first-order valence-corrected chi connectivity index (χ1v) is 11.2. The zero-order valence-electron chi connectivity index (χ0n) is 17.0. The summed E-state index contributed by atoms with van der Waals surface area (Å²) in [4.78, 5) is 26.7. The van der Waals surface area contributed by atoms with Gasteiger partial charge in [-0.1, -0.05) is 48.5 Å². The summed E-state index contributed by atoms with van der Waals surface area (Å²) in [7, 11) is -3.69. The summed E-state index contributed by atoms with van der Waals surface area (Å²) in [5, 5.41) is 2.60. The molecule has 0 saturated heterocycles. The summed E-state index contributed by atoms with van der Waals surface area (Å²) in [5.74, 6) is -0.949. The second kappa shape index (κ2) is 8.62. The van der Waals surface area contributed by atoms with Crippen molar-refractivity contribution in [2.45, 2.75) is 24.0 Å². The van der Waals surface area contributed by atoms with Crippen LogP contribution in [0, 0.1) is 6.92 Å². The van der Waals surface area contributed by atoms with E-state index >= 15 is 0 Å². The molecule has 168 valence electrons. The number of aryl methyl sites for hydroxylation is 1. The van der Waals surface area contributed by atoms with Gasteiger partial charge in [0.25, 0.3) is 11.5 Å². The maximum Gasteiger partial charge on any atom is 0.431 e. The van der Waals surface area contributed by atoms with Gasteiger partial charge in [0.2, 0.25) is 0 Å². The average molecular weight is 464 g/mol. The molecule has 0 aliphatic heterocycles. The van der Waals surface area contributed by atoms with E-state index in [1.165, 1.54) is 6.07 Å². The van der Waals surface area contributed by atoms with Crippen LogP contribution in [0.4, 0.5) is 13.2 Å². The molecule has 3 aromatic rings. The number of sulfone groups is 1. The van der Waals surface area contributed by atoms with Gasteiger partial charge in [-0.2, -0.15) is 13.2 Å². The Balaban J connectivity index is 2.11. The van der Waals surface area contributed by atoms with E-state index in [9.17, 15) is 31.2 Å². The normalized spacial score (nSPS) is 12.9. The number of halogens is 3. The molecule has 1 amide bonds. The molecular formula is C22H19F3N2O4S. The van der Waals surface area contributed by atoms with E-state index in [2.05, 4.69) is 5.32 Å². The zero-order valence-corrected chi connectivity index (χ0v) is 17.8. The minimum Gasteiger partial charge on any atom is -0.341 e. The Morgan fingerprint density at radius 1 is 1.00 bits per heavy atom. The van der Waals surface area contributed by atoms with Gasteiger partial charge in [-0.3, -0.25) is 9.59 Å². The molecule has 6 nitrogen and oxygen atoms in total. The molecule has 1 aromatic heterocycles. The molecule has 10 heteroatoms. The van der Waals surface area contributed by atoms with Gasteiger partial charge in [0.15, 0.2) is 9.84 Å². The number of pyridine rings is 1. The van der Waals surface area contributed by atoms with Crippen LogP contribution in [0.3, 0.4) is 0 Å². The molecule has 0 fully saturated rings. The molecule has 0 aliphatic rings. The second-order valence-corrected chi connectivity index (χ2v) is 9.15. The molecule has 0 saturated carbocycles. The summed E-state index contributed by atoms with van der Waals surface area (Å²) >= 11 is 0. The van der Waals surface area contributed by atoms with Gasteiger partial charge in [-0.05, 0) is 35.7 Å². The van der Waals surface area contributed by atoms with Crippen LogP contribution in [-0.4, -0.2) is 25.6 Å². The molecule has 0 spiro atoms. The fourth-order valence-electron chi connectivity index (χ4n) is 3.42. The molecule has 0 radical (unpaired) electrons. The van der Waals surface area contributed by atoms with Crippen LogP contribution in [0.5, 0.6) is 0 Å². The van der Waals surface area contributed by atoms with E-state index in [-0.39, 0.29) is 10.5 Å². The number of carbonyl (C=O) groups is 1. The van der Waals surface area contributed by atoms with Crippen molar-refractivity contribution in [1.82, 2.24) is 10.3 Å². The van der Waals surface area contributed by atoms with Gasteiger partial charge in [0.05, 0.1) is 10.9 Å². The lowest BCUT2D eigenvalue weighted by molar-refractivity contribution is -0.141. The predicted molar refractivity (Wildman–Crippen MR) is 112 cm³/mol. The Labute approximate surface area is 182 Å². The number of aromatic nitrogens is 1. The van der Waals surface area contributed by atoms with Crippen LogP contribution >= 0.6 is 0 Å². The molecule has 1 heterocycles. The molecule has 32 heavy (non-hydrogen) atoms. The van der Waals surface area contributed by atoms with Crippen LogP contribution < -0.4 is 10.9 Å². The van der Waals surface area contributed by atoms with Gasteiger partial charge in [0, 0.05) is 6.26 Å². The number of hydrogen-bond acceptors (Lipinski definition) is 4. The average Bonchev–Trinajstić information content (AvgIpc) is 2.70. The van der Waals surface area contributed by atoms with E-state index in [1.54, 1.807) is 54.4 Å². The molecule has 0 bridgehead atoms. The van der Waals surface area contributed by atoms with E-state index in [4.69, 9.17) is 0 Å². The highest BCUT2D eigenvalue weighted by molar-refractivity contribution is 7.90. The number of aromatic amines is 1. The van der Waals surface area contributed by atoms with Crippen LogP contribution in [0.1, 0.15) is 38.8 Å². The fourth-order valence-corrected chi connectivity index (χ4v) is 4.69. The smallest absolute Gasteiger partial charge is 0.341 e. The third-order valence-corrected chi connectivity index (χ3v) is 6.09. The molecule has 3 rings (SSSR count). The number of carbonyl (C=O) groups excluding carboxylic acids is 1. The Morgan fingerprint density at radius 3 is 2.22 bits per heavy atom. The Bertz CT molecular complexity index is 1320. The first-order chi connectivity index (χ1) is 14.9. The number of H-pyrrole nitrogens is 1. The van der Waals surface area contributed by atoms with Gasteiger partial charge in [-0.15, -0.1) is 0 Å². The minimum absolute atomic E-state index is 0.0236. The highest BCUT2D eigenvalue weighted by Gasteiger charge is 2.33. The quantitative estimate of drug-likeness (QED) is 0.603. The summed E-state index contributed by atoms with van der Waals surface area (Å²) < 4.78 is 63.4. The van der Waals surface area contributed by atoms with Gasteiger partial charge in [-0.25, -0.2) is 8.42 Å². The minimum atomic E-state index is -4.77. The summed E-state index contributed by atoms with van der Waals surface area (Å²) in [6, 6.07) is 13.6. The van der Waals surface area contributed by atoms with E-state index < -0.39 is 44.8 Å². The molecule has 2 N–H and O–H groups in total. The van der Waals surface area contributed by atoms with Crippen molar-refractivity contribution in [1.29, 1.82) is 0 Å². The second-order valence-electron chi connectivity index (χ2n) is 7.20. The zero-order chi connectivity index (χ0) is 23.7. The van der Waals surface area contributed by atoms with Crippen LogP contribution in [0.25, 0.3) is 0 Å². The number of nitrogens with one attached hydrogen (secondary N) is 2. The third kappa shape index (κ3) is 4.91. The Hall–Kier alpha value is -3.40. The first kappa shape index (κ1) is 23.3. The summed E-state index contributed by atoms with van der Waals surface area (Å²) in [6.07, 6.45) is -3.73. The van der Waals surface area contributed by atoms with Crippen molar-refractivity contribution >= 4 is 15.7 Å². The lowest BCUT2D eigenvalue weighted by Gasteiger charge is -2.23. The van der Waals surface area contributed by atoms with Crippen molar-refractivity contribution in [2.24, 2.45) is 0 Å². The monoisotopic (exact) mass is 464 g/mol. The lowest BCUT2D eigenvalue weighted by Crippen LogP contribution is -2.34. The first-order valence-electron chi connectivity index (χ1n) is 9.35. The van der Waals surface area contributed by atoms with Gasteiger partial charge >= 0.3 is 6.18 Å². The predicted octanol–water partition coefficient (Wildman–Crippen LogP) is 3.63. The molecule has 1 unspecified atom stereocenters.